The van der Waals surface area contributed by atoms with E-state index in [9.17, 15) is 18.4 Å². The fraction of sp³-hybridized carbons (Fsp3) is 0.421. The van der Waals surface area contributed by atoms with E-state index in [1.165, 1.54) is 6.07 Å². The Labute approximate surface area is 172 Å². The average molecular weight is 426 g/mol. The minimum absolute atomic E-state index is 0. The molecule has 0 spiro atoms. The summed E-state index contributed by atoms with van der Waals surface area (Å²) < 4.78 is 29.7. The van der Waals surface area contributed by atoms with Gasteiger partial charge in [-0.05, 0) is 37.6 Å². The lowest BCUT2D eigenvalue weighted by Crippen LogP contribution is -2.38. The number of amides is 2. The van der Waals surface area contributed by atoms with E-state index in [1.807, 2.05) is 0 Å². The Bertz CT molecular complexity index is 880. The molecule has 2 unspecified atom stereocenters. The summed E-state index contributed by atoms with van der Waals surface area (Å²) in [5, 5.41) is 10.4. The van der Waals surface area contributed by atoms with E-state index >= 15 is 0 Å². The highest BCUT2D eigenvalue weighted by Gasteiger charge is 2.35. The van der Waals surface area contributed by atoms with Crippen LogP contribution in [-0.2, 0) is 4.79 Å². The number of rotatable bonds is 4. The minimum atomic E-state index is -0.805. The van der Waals surface area contributed by atoms with Crippen molar-refractivity contribution >= 4 is 29.9 Å². The molecule has 1 aromatic heterocycles. The van der Waals surface area contributed by atoms with Crippen LogP contribution in [0.1, 0.15) is 35.8 Å². The highest BCUT2D eigenvalue weighted by atomic mass is 35.5. The van der Waals surface area contributed by atoms with Crippen LogP contribution in [0.4, 0.5) is 14.5 Å². The van der Waals surface area contributed by atoms with Gasteiger partial charge in [-0.25, -0.2) is 8.78 Å². The highest BCUT2D eigenvalue weighted by molar-refractivity contribution is 5.98. The Kier molecular flexibility index (Phi) is 6.49. The number of benzene rings is 1. The molecule has 2 saturated heterocycles. The Balaban J connectivity index is 0.00000240. The van der Waals surface area contributed by atoms with Crippen LogP contribution in [-0.4, -0.2) is 47.3 Å². The number of nitrogens with zero attached hydrogens (tertiary/aromatic N) is 3. The molecule has 7 nitrogen and oxygen atoms in total. The fourth-order valence-electron chi connectivity index (χ4n) is 3.75. The van der Waals surface area contributed by atoms with Gasteiger partial charge < -0.3 is 15.5 Å². The first kappa shape index (κ1) is 21.2. The molecule has 10 heteroatoms. The van der Waals surface area contributed by atoms with Crippen LogP contribution in [0, 0.1) is 11.6 Å². The number of hydrogen-bond donors (Lipinski definition) is 2. The molecule has 0 radical (unpaired) electrons. The molecule has 2 aliphatic heterocycles. The number of aromatic nitrogens is 2. The van der Waals surface area contributed by atoms with Crippen molar-refractivity contribution in [2.45, 2.75) is 31.3 Å². The SMILES string of the molecule is Cl.O=C(NC1CC(=O)N(c2c(F)cccc2F)C1)c1ccn(C2CCCNC2)n1. The third-order valence-corrected chi connectivity index (χ3v) is 5.15. The molecule has 3 heterocycles. The number of piperidine rings is 1. The molecule has 156 valence electrons. The first-order valence-electron chi connectivity index (χ1n) is 9.34. The van der Waals surface area contributed by atoms with Gasteiger partial charge >= 0.3 is 0 Å². The van der Waals surface area contributed by atoms with Crippen LogP contribution >= 0.6 is 12.4 Å². The van der Waals surface area contributed by atoms with Gasteiger partial charge in [-0.15, -0.1) is 12.4 Å². The van der Waals surface area contributed by atoms with E-state index in [4.69, 9.17) is 0 Å². The maximum absolute atomic E-state index is 14.0. The number of nitrogens with one attached hydrogen (secondary N) is 2. The lowest BCUT2D eigenvalue weighted by atomic mass is 10.1. The van der Waals surface area contributed by atoms with E-state index in [2.05, 4.69) is 15.7 Å². The second-order valence-corrected chi connectivity index (χ2v) is 7.13. The van der Waals surface area contributed by atoms with E-state index in [1.54, 1.807) is 16.9 Å². The predicted octanol–water partition coefficient (Wildman–Crippen LogP) is 2.04. The lowest BCUT2D eigenvalue weighted by Gasteiger charge is -2.22. The minimum Gasteiger partial charge on any atom is -0.346 e. The lowest BCUT2D eigenvalue weighted by molar-refractivity contribution is -0.117. The van der Waals surface area contributed by atoms with Gasteiger partial charge in [-0.2, -0.15) is 5.10 Å². The van der Waals surface area contributed by atoms with Crippen molar-refractivity contribution in [2.24, 2.45) is 0 Å². The second kappa shape index (κ2) is 8.87. The van der Waals surface area contributed by atoms with Gasteiger partial charge in [0.15, 0.2) is 0 Å². The van der Waals surface area contributed by atoms with Gasteiger partial charge in [-0.3, -0.25) is 14.3 Å². The van der Waals surface area contributed by atoms with Crippen molar-refractivity contribution in [3.8, 4) is 0 Å². The molecule has 4 rings (SSSR count). The molecule has 29 heavy (non-hydrogen) atoms. The van der Waals surface area contributed by atoms with Crippen LogP contribution in [0.25, 0.3) is 0 Å². The molecule has 2 N–H and O–H groups in total. The maximum Gasteiger partial charge on any atom is 0.272 e. The number of carbonyl (C=O) groups excluding carboxylic acids is 2. The van der Waals surface area contributed by atoms with Crippen molar-refractivity contribution in [2.75, 3.05) is 24.5 Å². The second-order valence-electron chi connectivity index (χ2n) is 7.13. The molecule has 0 bridgehead atoms. The van der Waals surface area contributed by atoms with Crippen molar-refractivity contribution in [3.05, 3.63) is 47.8 Å². The van der Waals surface area contributed by atoms with Crippen LogP contribution < -0.4 is 15.5 Å². The van der Waals surface area contributed by atoms with Gasteiger partial charge in [-0.1, -0.05) is 6.07 Å². The highest BCUT2D eigenvalue weighted by Crippen LogP contribution is 2.27. The molecule has 2 amide bonds. The Hall–Kier alpha value is -2.52. The number of carbonyl (C=O) groups is 2. The summed E-state index contributed by atoms with van der Waals surface area (Å²) in [5.74, 6) is -2.45. The summed E-state index contributed by atoms with van der Waals surface area (Å²) in [6.45, 7) is 1.80. The van der Waals surface area contributed by atoms with Gasteiger partial charge in [0.05, 0.1) is 12.1 Å². The van der Waals surface area contributed by atoms with Crippen LogP contribution in [0.3, 0.4) is 0 Å². The smallest absolute Gasteiger partial charge is 0.272 e. The third kappa shape index (κ3) is 4.40. The number of hydrogen-bond acceptors (Lipinski definition) is 4. The topological polar surface area (TPSA) is 79.3 Å². The maximum atomic E-state index is 14.0. The first-order chi connectivity index (χ1) is 13.5. The van der Waals surface area contributed by atoms with Crippen LogP contribution in [0.15, 0.2) is 30.5 Å². The largest absolute Gasteiger partial charge is 0.346 e. The molecular weight excluding hydrogens is 404 g/mol. The third-order valence-electron chi connectivity index (χ3n) is 5.15. The van der Waals surface area contributed by atoms with Crippen LogP contribution in [0.2, 0.25) is 0 Å². The zero-order valence-electron chi connectivity index (χ0n) is 15.6. The molecule has 1 aromatic carbocycles. The zero-order chi connectivity index (χ0) is 19.7. The Morgan fingerprint density at radius 2 is 2.00 bits per heavy atom. The predicted molar refractivity (Wildman–Crippen MR) is 105 cm³/mol. The molecule has 2 aromatic rings. The normalized spacial score (nSPS) is 21.7. The molecule has 0 aliphatic carbocycles. The Morgan fingerprint density at radius 3 is 2.69 bits per heavy atom. The summed E-state index contributed by atoms with van der Waals surface area (Å²) in [6.07, 6.45) is 3.80. The molecule has 2 fully saturated rings. The van der Waals surface area contributed by atoms with Gasteiger partial charge in [0.25, 0.3) is 5.91 Å². The standard InChI is InChI=1S/C19H21F2N5O2.ClH/c20-14-4-1-5-15(21)18(14)25-11-12(9-17(25)27)23-19(28)16-6-8-26(24-16)13-3-2-7-22-10-13;/h1,4-6,8,12-13,22H,2-3,7,9-11H2,(H,23,28);1H. The van der Waals surface area contributed by atoms with Gasteiger partial charge in [0.2, 0.25) is 5.91 Å². The van der Waals surface area contributed by atoms with Crippen molar-refractivity contribution in [1.29, 1.82) is 0 Å². The number of para-hydroxylation sites is 1. The van der Waals surface area contributed by atoms with Gasteiger partial charge in [0.1, 0.15) is 23.0 Å². The van der Waals surface area contributed by atoms with Crippen LogP contribution in [0.5, 0.6) is 0 Å². The first-order valence-corrected chi connectivity index (χ1v) is 9.34. The van der Waals surface area contributed by atoms with E-state index in [0.717, 1.165) is 43.0 Å². The van der Waals surface area contributed by atoms with Crippen molar-refractivity contribution < 1.29 is 18.4 Å². The fourth-order valence-corrected chi connectivity index (χ4v) is 3.75. The van der Waals surface area contributed by atoms with E-state index in [0.29, 0.717) is 0 Å². The molecular formula is C19H22ClF2N5O2. The summed E-state index contributed by atoms with van der Waals surface area (Å²) in [7, 11) is 0. The van der Waals surface area contributed by atoms with E-state index in [-0.39, 0.29) is 42.8 Å². The van der Waals surface area contributed by atoms with Gasteiger partial charge in [0, 0.05) is 25.7 Å². The quantitative estimate of drug-likeness (QED) is 0.785. The number of halogens is 3. The summed E-state index contributed by atoms with van der Waals surface area (Å²) in [4.78, 5) is 25.8. The molecule has 0 saturated carbocycles. The monoisotopic (exact) mass is 425 g/mol. The zero-order valence-corrected chi connectivity index (χ0v) is 16.4. The summed E-state index contributed by atoms with van der Waals surface area (Å²) >= 11 is 0. The summed E-state index contributed by atoms with van der Waals surface area (Å²) in [5.41, 5.74) is -0.119. The average Bonchev–Trinajstić information content (AvgIpc) is 3.30. The number of anilines is 1. The molecule has 2 atom stereocenters. The van der Waals surface area contributed by atoms with E-state index < -0.39 is 29.5 Å². The Morgan fingerprint density at radius 1 is 1.24 bits per heavy atom. The van der Waals surface area contributed by atoms with Crippen molar-refractivity contribution in [1.82, 2.24) is 20.4 Å². The van der Waals surface area contributed by atoms with Crippen molar-refractivity contribution in [3.63, 3.8) is 0 Å². The molecule has 2 aliphatic rings. The summed E-state index contributed by atoms with van der Waals surface area (Å²) in [6, 6.07) is 4.75.